The van der Waals surface area contributed by atoms with Crippen LogP contribution in [0.5, 0.6) is 5.75 Å². The van der Waals surface area contributed by atoms with Crippen LogP contribution < -0.4 is 4.74 Å². The molecule has 0 bridgehead atoms. The fourth-order valence-electron chi connectivity index (χ4n) is 2.87. The predicted molar refractivity (Wildman–Crippen MR) is 87.0 cm³/mol. The lowest BCUT2D eigenvalue weighted by atomic mass is 9.96. The Hall–Kier alpha value is -2.89. The van der Waals surface area contributed by atoms with Crippen LogP contribution in [0.4, 0.5) is 0 Å². The summed E-state index contributed by atoms with van der Waals surface area (Å²) in [5.74, 6) is 0.267. The number of esters is 1. The Morgan fingerprint density at radius 2 is 1.88 bits per heavy atom. The molecule has 0 saturated heterocycles. The van der Waals surface area contributed by atoms with Crippen molar-refractivity contribution in [3.05, 3.63) is 58.9 Å². The number of carbonyl (C=O) groups excluding carboxylic acids is 2. The lowest BCUT2D eigenvalue weighted by Gasteiger charge is -2.29. The van der Waals surface area contributed by atoms with Crippen molar-refractivity contribution in [2.24, 2.45) is 0 Å². The van der Waals surface area contributed by atoms with Crippen LogP contribution >= 0.6 is 0 Å². The highest BCUT2D eigenvalue weighted by Crippen LogP contribution is 2.24. The Morgan fingerprint density at radius 1 is 1.12 bits per heavy atom. The molecule has 124 valence electrons. The number of fused-ring (bicyclic) bond motifs is 1. The van der Waals surface area contributed by atoms with Gasteiger partial charge < -0.3 is 14.4 Å². The number of rotatable bonds is 3. The second kappa shape index (κ2) is 6.70. The maximum atomic E-state index is 12.7. The third kappa shape index (κ3) is 2.95. The van der Waals surface area contributed by atoms with E-state index in [-0.39, 0.29) is 5.91 Å². The van der Waals surface area contributed by atoms with E-state index in [1.807, 2.05) is 0 Å². The topological polar surface area (TPSA) is 68.7 Å². The average Bonchev–Trinajstić information content (AvgIpc) is 2.65. The van der Waals surface area contributed by atoms with E-state index >= 15 is 0 Å². The van der Waals surface area contributed by atoms with Crippen molar-refractivity contribution in [3.63, 3.8) is 0 Å². The molecular formula is C18H18N2O4. The van der Waals surface area contributed by atoms with Crippen LogP contribution in [0.3, 0.4) is 0 Å². The highest BCUT2D eigenvalue weighted by Gasteiger charge is 2.25. The van der Waals surface area contributed by atoms with E-state index in [1.54, 1.807) is 42.5 Å². The molecule has 1 aromatic carbocycles. The minimum atomic E-state index is -0.394. The molecule has 0 saturated carbocycles. The van der Waals surface area contributed by atoms with E-state index in [4.69, 9.17) is 9.47 Å². The largest absolute Gasteiger partial charge is 0.497 e. The van der Waals surface area contributed by atoms with E-state index in [1.165, 1.54) is 13.3 Å². The zero-order chi connectivity index (χ0) is 17.1. The van der Waals surface area contributed by atoms with Gasteiger partial charge in [-0.15, -0.1) is 0 Å². The standard InChI is InChI=1S/C18H18N2O4/c1-23-14-5-3-12(4-6-14)17(21)20-8-7-15-13(11-20)9-19-10-16(15)18(22)24-2/h3-6,9-10H,7-8,11H2,1-2H3. The van der Waals surface area contributed by atoms with Crippen LogP contribution in [0.25, 0.3) is 0 Å². The number of hydrogen-bond acceptors (Lipinski definition) is 5. The first-order valence-corrected chi connectivity index (χ1v) is 7.61. The van der Waals surface area contributed by atoms with Gasteiger partial charge in [-0.1, -0.05) is 0 Å². The summed E-state index contributed by atoms with van der Waals surface area (Å²) >= 11 is 0. The molecule has 3 rings (SSSR count). The normalized spacial score (nSPS) is 13.2. The average molecular weight is 326 g/mol. The zero-order valence-electron chi connectivity index (χ0n) is 13.6. The second-order valence-corrected chi connectivity index (χ2v) is 5.52. The number of ether oxygens (including phenoxy) is 2. The number of benzene rings is 1. The summed E-state index contributed by atoms with van der Waals surface area (Å²) in [4.78, 5) is 30.3. The van der Waals surface area contributed by atoms with Gasteiger partial charge >= 0.3 is 5.97 Å². The van der Waals surface area contributed by atoms with Gasteiger partial charge in [-0.05, 0) is 41.8 Å². The smallest absolute Gasteiger partial charge is 0.339 e. The molecule has 1 amide bonds. The summed E-state index contributed by atoms with van der Waals surface area (Å²) in [6.45, 7) is 0.976. The Balaban J connectivity index is 1.82. The van der Waals surface area contributed by atoms with Gasteiger partial charge in [-0.2, -0.15) is 0 Å². The highest BCUT2D eigenvalue weighted by molar-refractivity contribution is 5.95. The molecule has 0 radical (unpaired) electrons. The van der Waals surface area contributed by atoms with E-state index in [9.17, 15) is 9.59 Å². The number of aromatic nitrogens is 1. The summed E-state index contributed by atoms with van der Waals surface area (Å²) < 4.78 is 9.91. The maximum Gasteiger partial charge on any atom is 0.339 e. The van der Waals surface area contributed by atoms with E-state index in [2.05, 4.69) is 4.98 Å². The molecule has 0 fully saturated rings. The van der Waals surface area contributed by atoms with Gasteiger partial charge in [0.2, 0.25) is 0 Å². The third-order valence-electron chi connectivity index (χ3n) is 4.17. The summed E-state index contributed by atoms with van der Waals surface area (Å²) in [7, 11) is 2.94. The predicted octanol–water partition coefficient (Wildman–Crippen LogP) is 2.08. The van der Waals surface area contributed by atoms with E-state index in [0.717, 1.165) is 11.1 Å². The van der Waals surface area contributed by atoms with E-state index < -0.39 is 5.97 Å². The SMILES string of the molecule is COC(=O)c1cncc2c1CCN(C(=O)c1ccc(OC)cc1)C2. The molecule has 2 heterocycles. The summed E-state index contributed by atoms with van der Waals surface area (Å²) in [6.07, 6.45) is 3.82. The molecule has 0 spiro atoms. The summed E-state index contributed by atoms with van der Waals surface area (Å²) in [5.41, 5.74) is 2.88. The van der Waals surface area contributed by atoms with Crippen LogP contribution in [0.15, 0.2) is 36.7 Å². The van der Waals surface area contributed by atoms with Crippen molar-refractivity contribution in [2.45, 2.75) is 13.0 Å². The molecule has 6 nitrogen and oxygen atoms in total. The molecule has 0 aliphatic carbocycles. The monoisotopic (exact) mass is 326 g/mol. The molecule has 1 aliphatic heterocycles. The van der Waals surface area contributed by atoms with Gasteiger partial charge in [0.25, 0.3) is 5.91 Å². The molecule has 1 aliphatic rings. The van der Waals surface area contributed by atoms with Crippen molar-refractivity contribution in [3.8, 4) is 5.75 Å². The summed E-state index contributed by atoms with van der Waals surface area (Å²) in [5, 5.41) is 0. The zero-order valence-corrected chi connectivity index (χ0v) is 13.6. The molecule has 6 heteroatoms. The Bertz CT molecular complexity index is 771. The lowest BCUT2D eigenvalue weighted by molar-refractivity contribution is 0.0598. The summed E-state index contributed by atoms with van der Waals surface area (Å²) in [6, 6.07) is 7.03. The second-order valence-electron chi connectivity index (χ2n) is 5.52. The van der Waals surface area contributed by atoms with Crippen molar-refractivity contribution in [2.75, 3.05) is 20.8 Å². The Morgan fingerprint density at radius 3 is 2.54 bits per heavy atom. The molecule has 0 N–H and O–H groups in total. The van der Waals surface area contributed by atoms with Crippen LogP contribution in [0, 0.1) is 0 Å². The quantitative estimate of drug-likeness (QED) is 0.808. The van der Waals surface area contributed by atoms with E-state index in [0.29, 0.717) is 36.4 Å². The number of pyridine rings is 1. The van der Waals surface area contributed by atoms with Crippen molar-refractivity contribution >= 4 is 11.9 Å². The molecular weight excluding hydrogens is 308 g/mol. The number of methoxy groups -OCH3 is 2. The Kier molecular flexibility index (Phi) is 4.46. The van der Waals surface area contributed by atoms with Crippen molar-refractivity contribution < 1.29 is 19.1 Å². The molecule has 1 aromatic heterocycles. The lowest BCUT2D eigenvalue weighted by Crippen LogP contribution is -2.36. The van der Waals surface area contributed by atoms with Gasteiger partial charge in [0, 0.05) is 31.0 Å². The number of hydrogen-bond donors (Lipinski definition) is 0. The fraction of sp³-hybridized carbons (Fsp3) is 0.278. The van der Waals surface area contributed by atoms with Crippen LogP contribution in [-0.2, 0) is 17.7 Å². The fourth-order valence-corrected chi connectivity index (χ4v) is 2.87. The van der Waals surface area contributed by atoms with Gasteiger partial charge in [-0.25, -0.2) is 4.79 Å². The third-order valence-corrected chi connectivity index (χ3v) is 4.17. The Labute approximate surface area is 140 Å². The minimum Gasteiger partial charge on any atom is -0.497 e. The molecule has 0 atom stereocenters. The molecule has 2 aromatic rings. The van der Waals surface area contributed by atoms with Gasteiger partial charge in [0.1, 0.15) is 5.75 Å². The number of carbonyl (C=O) groups is 2. The van der Waals surface area contributed by atoms with Crippen LogP contribution in [0.1, 0.15) is 31.8 Å². The van der Waals surface area contributed by atoms with Gasteiger partial charge in [-0.3, -0.25) is 9.78 Å². The number of nitrogens with zero attached hydrogens (tertiary/aromatic N) is 2. The van der Waals surface area contributed by atoms with Gasteiger partial charge in [0.05, 0.1) is 19.8 Å². The van der Waals surface area contributed by atoms with Crippen LogP contribution in [-0.4, -0.2) is 42.5 Å². The van der Waals surface area contributed by atoms with Crippen molar-refractivity contribution in [1.82, 2.24) is 9.88 Å². The first kappa shape index (κ1) is 16.0. The number of amides is 1. The van der Waals surface area contributed by atoms with Gasteiger partial charge in [0.15, 0.2) is 0 Å². The van der Waals surface area contributed by atoms with Crippen LogP contribution in [0.2, 0.25) is 0 Å². The molecule has 24 heavy (non-hydrogen) atoms. The molecule has 0 unspecified atom stereocenters. The maximum absolute atomic E-state index is 12.7. The van der Waals surface area contributed by atoms with Crippen molar-refractivity contribution in [1.29, 1.82) is 0 Å². The first-order chi connectivity index (χ1) is 11.6. The minimum absolute atomic E-state index is 0.0493. The first-order valence-electron chi connectivity index (χ1n) is 7.61. The highest BCUT2D eigenvalue weighted by atomic mass is 16.5.